The first-order chi connectivity index (χ1) is 8.88. The van der Waals surface area contributed by atoms with Gasteiger partial charge in [-0.2, -0.15) is 0 Å². The predicted octanol–water partition coefficient (Wildman–Crippen LogP) is 2.32. The molecule has 0 aromatic carbocycles. The molecule has 6 heteroatoms. The lowest BCUT2D eigenvalue weighted by Gasteiger charge is -2.15. The van der Waals surface area contributed by atoms with Crippen LogP contribution in [0, 0.1) is 0 Å². The summed E-state index contributed by atoms with van der Waals surface area (Å²) in [6, 6.07) is 0. The molecule has 19 heavy (non-hydrogen) atoms. The van der Waals surface area contributed by atoms with Gasteiger partial charge in [-0.1, -0.05) is 6.92 Å². The molecule has 0 unspecified atom stereocenters. The molecule has 0 aliphatic rings. The van der Waals surface area contributed by atoms with Crippen LogP contribution in [0.1, 0.15) is 36.9 Å². The van der Waals surface area contributed by atoms with Crippen LogP contribution in [0.25, 0.3) is 0 Å². The summed E-state index contributed by atoms with van der Waals surface area (Å²) in [6.07, 6.45) is 0.912. The molecule has 5 nitrogen and oxygen atoms in total. The van der Waals surface area contributed by atoms with Gasteiger partial charge < -0.3 is 20.7 Å². The van der Waals surface area contributed by atoms with E-state index in [0.29, 0.717) is 22.9 Å². The fraction of sp³-hybridized carbons (Fsp3) is 0.615. The molecule has 108 valence electrons. The highest BCUT2D eigenvalue weighted by Crippen LogP contribution is 2.44. The lowest BCUT2D eigenvalue weighted by molar-refractivity contribution is 0.0958. The van der Waals surface area contributed by atoms with Crippen molar-refractivity contribution in [1.29, 1.82) is 0 Å². The Morgan fingerprint density at radius 2 is 2.11 bits per heavy atom. The van der Waals surface area contributed by atoms with Gasteiger partial charge in [-0.25, -0.2) is 0 Å². The molecular weight excluding hydrogens is 262 g/mol. The van der Waals surface area contributed by atoms with Gasteiger partial charge in [0.25, 0.3) is 5.91 Å². The fourth-order valence-corrected chi connectivity index (χ4v) is 2.54. The van der Waals surface area contributed by atoms with Gasteiger partial charge in [-0.05, 0) is 20.3 Å². The molecular formula is C13H23N3O2S. The highest BCUT2D eigenvalue weighted by molar-refractivity contribution is 7.19. The number of ether oxygens (including phenoxy) is 1. The molecule has 0 aliphatic heterocycles. The minimum absolute atomic E-state index is 0.0159. The van der Waals surface area contributed by atoms with Crippen LogP contribution in [0.2, 0.25) is 0 Å². The Bertz CT molecular complexity index is 441. The van der Waals surface area contributed by atoms with Crippen molar-refractivity contribution in [3.63, 3.8) is 0 Å². The number of nitrogens with zero attached hydrogens (tertiary/aromatic N) is 1. The first-order valence-electron chi connectivity index (χ1n) is 6.42. The largest absolute Gasteiger partial charge is 0.486 e. The van der Waals surface area contributed by atoms with E-state index in [1.807, 2.05) is 39.8 Å². The molecule has 0 fully saturated rings. The maximum Gasteiger partial charge on any atom is 0.263 e. The Labute approximate surface area is 118 Å². The number of anilines is 2. The van der Waals surface area contributed by atoms with E-state index in [1.165, 1.54) is 11.3 Å². The average molecular weight is 285 g/mol. The second-order valence-corrected chi connectivity index (χ2v) is 5.80. The lowest BCUT2D eigenvalue weighted by atomic mass is 10.3. The highest BCUT2D eigenvalue weighted by atomic mass is 32.1. The van der Waals surface area contributed by atoms with Crippen molar-refractivity contribution in [2.45, 2.75) is 33.3 Å². The van der Waals surface area contributed by atoms with E-state index in [4.69, 9.17) is 10.5 Å². The van der Waals surface area contributed by atoms with Crippen LogP contribution < -0.4 is 20.7 Å². The molecule has 1 amide bonds. The SMILES string of the molecule is CCCNC(=O)c1sc(N(C)C)c(OC(C)C)c1N. The van der Waals surface area contributed by atoms with Crippen LogP contribution in [0.4, 0.5) is 10.7 Å². The minimum atomic E-state index is -0.133. The van der Waals surface area contributed by atoms with E-state index in [-0.39, 0.29) is 12.0 Å². The van der Waals surface area contributed by atoms with Gasteiger partial charge >= 0.3 is 0 Å². The summed E-state index contributed by atoms with van der Waals surface area (Å²) in [5.74, 6) is 0.470. The van der Waals surface area contributed by atoms with E-state index in [1.54, 1.807) is 0 Å². The standard InChI is InChI=1S/C13H23N3O2S/c1-6-7-15-12(17)11-9(14)10(18-8(2)3)13(19-11)16(4)5/h8H,6-7,14H2,1-5H3,(H,15,17). The van der Waals surface area contributed by atoms with Crippen LogP contribution in [0.15, 0.2) is 0 Å². The minimum Gasteiger partial charge on any atom is -0.486 e. The number of nitrogens with two attached hydrogens (primary N) is 1. The number of nitrogens with one attached hydrogen (secondary N) is 1. The van der Waals surface area contributed by atoms with Crippen LogP contribution in [-0.4, -0.2) is 32.7 Å². The Kier molecular flexibility index (Phi) is 5.47. The van der Waals surface area contributed by atoms with Crippen LogP contribution in [-0.2, 0) is 0 Å². The summed E-state index contributed by atoms with van der Waals surface area (Å²) in [4.78, 5) is 14.5. The van der Waals surface area contributed by atoms with Gasteiger partial charge in [0.15, 0.2) is 5.75 Å². The average Bonchev–Trinajstić information content (AvgIpc) is 2.64. The fourth-order valence-electron chi connectivity index (χ4n) is 1.55. The molecule has 0 saturated carbocycles. The van der Waals surface area contributed by atoms with Crippen LogP contribution >= 0.6 is 11.3 Å². The van der Waals surface area contributed by atoms with Crippen molar-refractivity contribution in [3.05, 3.63) is 4.88 Å². The van der Waals surface area contributed by atoms with E-state index < -0.39 is 0 Å². The molecule has 0 radical (unpaired) electrons. The number of carbonyl (C=O) groups is 1. The highest BCUT2D eigenvalue weighted by Gasteiger charge is 2.23. The number of carbonyl (C=O) groups excluding carboxylic acids is 1. The third-order valence-corrected chi connectivity index (χ3v) is 3.74. The summed E-state index contributed by atoms with van der Waals surface area (Å²) in [6.45, 7) is 6.53. The van der Waals surface area contributed by atoms with Crippen LogP contribution in [0.5, 0.6) is 5.75 Å². The molecule has 1 rings (SSSR count). The second kappa shape index (κ2) is 6.65. The van der Waals surface area contributed by atoms with Gasteiger partial charge in [0.2, 0.25) is 0 Å². The molecule has 0 saturated heterocycles. The lowest BCUT2D eigenvalue weighted by Crippen LogP contribution is -2.23. The molecule has 0 spiro atoms. The molecule has 0 bridgehead atoms. The first kappa shape index (κ1) is 15.6. The number of amides is 1. The van der Waals surface area contributed by atoms with Crippen molar-refractivity contribution in [2.24, 2.45) is 0 Å². The van der Waals surface area contributed by atoms with E-state index in [9.17, 15) is 4.79 Å². The third-order valence-electron chi connectivity index (χ3n) is 2.38. The van der Waals surface area contributed by atoms with Crippen molar-refractivity contribution in [2.75, 3.05) is 31.3 Å². The zero-order valence-corrected chi connectivity index (χ0v) is 13.1. The number of thiophene rings is 1. The van der Waals surface area contributed by atoms with Crippen molar-refractivity contribution in [3.8, 4) is 5.75 Å². The van der Waals surface area contributed by atoms with Gasteiger partial charge in [0.05, 0.1) is 6.10 Å². The maximum absolute atomic E-state index is 12.0. The number of hydrogen-bond donors (Lipinski definition) is 2. The zero-order chi connectivity index (χ0) is 14.6. The number of hydrogen-bond acceptors (Lipinski definition) is 5. The molecule has 1 aromatic rings. The van der Waals surface area contributed by atoms with Crippen molar-refractivity contribution < 1.29 is 9.53 Å². The number of nitrogen functional groups attached to an aromatic ring is 1. The summed E-state index contributed by atoms with van der Waals surface area (Å²) >= 11 is 1.36. The van der Waals surface area contributed by atoms with E-state index in [0.717, 1.165) is 11.4 Å². The van der Waals surface area contributed by atoms with Gasteiger partial charge in [-0.15, -0.1) is 11.3 Å². The maximum atomic E-state index is 12.0. The summed E-state index contributed by atoms with van der Waals surface area (Å²) < 4.78 is 5.74. The third kappa shape index (κ3) is 3.76. The Hall–Kier alpha value is -1.43. The molecule has 0 aliphatic carbocycles. The van der Waals surface area contributed by atoms with Crippen molar-refractivity contribution in [1.82, 2.24) is 5.32 Å². The van der Waals surface area contributed by atoms with Crippen LogP contribution in [0.3, 0.4) is 0 Å². The number of rotatable bonds is 6. The normalized spacial score (nSPS) is 10.6. The summed E-state index contributed by atoms with van der Waals surface area (Å²) in [7, 11) is 3.82. The molecule has 0 atom stereocenters. The predicted molar refractivity (Wildman–Crippen MR) is 81.4 cm³/mol. The summed E-state index contributed by atoms with van der Waals surface area (Å²) in [5, 5.41) is 3.71. The monoisotopic (exact) mass is 285 g/mol. The Balaban J connectivity index is 3.10. The van der Waals surface area contributed by atoms with E-state index >= 15 is 0 Å². The Morgan fingerprint density at radius 1 is 1.47 bits per heavy atom. The molecule has 1 heterocycles. The Morgan fingerprint density at radius 3 is 2.58 bits per heavy atom. The second-order valence-electron chi connectivity index (χ2n) is 4.80. The van der Waals surface area contributed by atoms with Gasteiger partial charge in [0.1, 0.15) is 15.6 Å². The molecule has 3 N–H and O–H groups in total. The van der Waals surface area contributed by atoms with Gasteiger partial charge in [0, 0.05) is 20.6 Å². The zero-order valence-electron chi connectivity index (χ0n) is 12.2. The quantitative estimate of drug-likeness (QED) is 0.841. The van der Waals surface area contributed by atoms with E-state index in [2.05, 4.69) is 5.32 Å². The van der Waals surface area contributed by atoms with Crippen molar-refractivity contribution >= 4 is 27.9 Å². The first-order valence-corrected chi connectivity index (χ1v) is 7.24. The topological polar surface area (TPSA) is 67.6 Å². The van der Waals surface area contributed by atoms with Gasteiger partial charge in [-0.3, -0.25) is 4.79 Å². The molecule has 1 aromatic heterocycles. The summed E-state index contributed by atoms with van der Waals surface area (Å²) in [5.41, 5.74) is 6.49. The smallest absolute Gasteiger partial charge is 0.263 e.